The Labute approximate surface area is 242 Å². The number of nitrogens with zero attached hydrogens (tertiary/aromatic N) is 3. The molecule has 0 radical (unpaired) electrons. The number of alkyl carbamates (subject to hydrolysis) is 1. The molecule has 0 aliphatic heterocycles. The monoisotopic (exact) mass is 547 g/mol. The third kappa shape index (κ3) is 8.68. The first-order valence-corrected chi connectivity index (χ1v) is 13.6. The average Bonchev–Trinajstić information content (AvgIpc) is 2.96. The maximum absolute atomic E-state index is 12.1. The second kappa shape index (κ2) is 13.6. The van der Waals surface area contributed by atoms with E-state index in [1.807, 2.05) is 100 Å². The molecule has 1 amide bonds. The van der Waals surface area contributed by atoms with Gasteiger partial charge in [0.1, 0.15) is 5.60 Å². The van der Waals surface area contributed by atoms with Gasteiger partial charge in [0, 0.05) is 49.4 Å². The van der Waals surface area contributed by atoms with E-state index in [9.17, 15) is 4.79 Å². The van der Waals surface area contributed by atoms with E-state index in [1.54, 1.807) is 18.6 Å². The minimum Gasteiger partial charge on any atom is -0.444 e. The second-order valence-electron chi connectivity index (χ2n) is 10.7. The summed E-state index contributed by atoms with van der Waals surface area (Å²) in [5.41, 5.74) is 7.86. The van der Waals surface area contributed by atoms with Crippen LogP contribution in [0.2, 0.25) is 0 Å². The third-order valence-corrected chi connectivity index (χ3v) is 6.35. The number of aromatic nitrogens is 2. The minimum absolute atomic E-state index is 0.362. The van der Waals surface area contributed by atoms with Crippen LogP contribution < -0.4 is 10.6 Å². The van der Waals surface area contributed by atoms with Crippen LogP contribution in [-0.4, -0.2) is 27.4 Å². The lowest BCUT2D eigenvalue weighted by molar-refractivity contribution is 0.0523. The molecule has 0 spiro atoms. The maximum Gasteiger partial charge on any atom is 0.407 e. The summed E-state index contributed by atoms with van der Waals surface area (Å²) in [4.78, 5) is 25.9. The first-order valence-electron chi connectivity index (χ1n) is 13.6. The number of nitrogens with one attached hydrogen (secondary N) is 2. The molecule has 0 saturated heterocycles. The van der Waals surface area contributed by atoms with Crippen molar-refractivity contribution in [1.82, 2.24) is 20.6 Å². The van der Waals surface area contributed by atoms with Gasteiger partial charge in [-0.15, -0.1) is 0 Å². The van der Waals surface area contributed by atoms with Crippen molar-refractivity contribution in [2.45, 2.75) is 52.9 Å². The van der Waals surface area contributed by atoms with Gasteiger partial charge in [0.15, 0.2) is 0 Å². The summed E-state index contributed by atoms with van der Waals surface area (Å²) in [6, 6.07) is 23.9. The molecule has 2 heterocycles. The summed E-state index contributed by atoms with van der Waals surface area (Å²) in [7, 11) is 0. The van der Waals surface area contributed by atoms with E-state index >= 15 is 0 Å². The molecule has 0 unspecified atom stereocenters. The number of ether oxygens (including phenoxy) is 1. The topological polar surface area (TPSA) is 88.5 Å². The molecule has 0 fully saturated rings. The highest BCUT2D eigenvalue weighted by molar-refractivity contribution is 6.31. The van der Waals surface area contributed by atoms with Crippen molar-refractivity contribution in [3.05, 3.63) is 131 Å². The number of carbonyl (C=O) groups is 1. The van der Waals surface area contributed by atoms with Crippen LogP contribution in [0.1, 0.15) is 54.3 Å². The van der Waals surface area contributed by atoms with Crippen molar-refractivity contribution in [3.8, 4) is 0 Å². The quantitative estimate of drug-likeness (QED) is 0.210. The Kier molecular flexibility index (Phi) is 9.77. The van der Waals surface area contributed by atoms with Gasteiger partial charge in [-0.1, -0.05) is 61.2 Å². The Bertz CT molecular complexity index is 1490. The zero-order valence-corrected chi connectivity index (χ0v) is 24.1. The SMILES string of the molecule is C=C(/C(=N\c1ccnc(CNCc2ccncc2)c1C)c1ccc(CNC(=O)OC(C)(C)C)cc1)c1ccccc1. The summed E-state index contributed by atoms with van der Waals surface area (Å²) in [6.07, 6.45) is 4.94. The predicted molar refractivity (Wildman–Crippen MR) is 165 cm³/mol. The molecule has 0 aliphatic carbocycles. The molecule has 4 aromatic rings. The van der Waals surface area contributed by atoms with Gasteiger partial charge in [-0.3, -0.25) is 9.97 Å². The maximum atomic E-state index is 12.1. The number of hydrogen-bond acceptors (Lipinski definition) is 6. The van der Waals surface area contributed by atoms with Gasteiger partial charge in [-0.05, 0) is 68.1 Å². The van der Waals surface area contributed by atoms with Gasteiger partial charge in [0.2, 0.25) is 0 Å². The smallest absolute Gasteiger partial charge is 0.407 e. The van der Waals surface area contributed by atoms with Crippen LogP contribution in [0.25, 0.3) is 5.57 Å². The first-order chi connectivity index (χ1) is 19.7. The van der Waals surface area contributed by atoms with Gasteiger partial charge in [-0.2, -0.15) is 0 Å². The van der Waals surface area contributed by atoms with E-state index in [0.717, 1.165) is 57.0 Å². The van der Waals surface area contributed by atoms with Crippen molar-refractivity contribution in [1.29, 1.82) is 0 Å². The fraction of sp³-hybridized carbons (Fsp3) is 0.235. The Hall–Kier alpha value is -4.62. The number of hydrogen-bond donors (Lipinski definition) is 2. The number of pyridine rings is 2. The van der Waals surface area contributed by atoms with Gasteiger partial charge in [0.05, 0.1) is 17.1 Å². The molecular formula is C34H37N5O2. The van der Waals surface area contributed by atoms with E-state index in [1.165, 1.54) is 0 Å². The number of allylic oxidation sites excluding steroid dienone is 1. The predicted octanol–water partition coefficient (Wildman–Crippen LogP) is 6.93. The zero-order chi connectivity index (χ0) is 29.2. The molecule has 7 nitrogen and oxygen atoms in total. The molecule has 0 aliphatic rings. The van der Waals surface area contributed by atoms with Crippen molar-refractivity contribution < 1.29 is 9.53 Å². The molecular weight excluding hydrogens is 510 g/mol. The Morgan fingerprint density at radius 3 is 2.22 bits per heavy atom. The number of carbonyl (C=O) groups excluding carboxylic acids is 1. The van der Waals surface area contributed by atoms with E-state index in [0.29, 0.717) is 13.1 Å². The lowest BCUT2D eigenvalue weighted by atomic mass is 9.96. The normalized spacial score (nSPS) is 11.7. The van der Waals surface area contributed by atoms with Gasteiger partial charge >= 0.3 is 6.09 Å². The molecule has 7 heteroatoms. The highest BCUT2D eigenvalue weighted by Gasteiger charge is 2.16. The second-order valence-corrected chi connectivity index (χ2v) is 10.7. The number of aliphatic imine (C=N–C) groups is 1. The van der Waals surface area contributed by atoms with Crippen LogP contribution >= 0.6 is 0 Å². The molecule has 4 rings (SSSR count). The van der Waals surface area contributed by atoms with E-state index in [-0.39, 0.29) is 0 Å². The van der Waals surface area contributed by atoms with Crippen molar-refractivity contribution in [3.63, 3.8) is 0 Å². The van der Waals surface area contributed by atoms with Crippen LogP contribution in [0.15, 0.2) is 103 Å². The minimum atomic E-state index is -0.544. The average molecular weight is 548 g/mol. The van der Waals surface area contributed by atoms with E-state index < -0.39 is 11.7 Å². The molecule has 2 N–H and O–H groups in total. The number of benzene rings is 2. The fourth-order valence-corrected chi connectivity index (χ4v) is 4.16. The van der Waals surface area contributed by atoms with Crippen LogP contribution in [0.3, 0.4) is 0 Å². The van der Waals surface area contributed by atoms with Crippen LogP contribution in [-0.2, 0) is 24.4 Å². The molecule has 2 aromatic heterocycles. The summed E-state index contributed by atoms with van der Waals surface area (Å²) in [5.74, 6) is 0. The summed E-state index contributed by atoms with van der Waals surface area (Å²) < 4.78 is 5.34. The standard InChI is InChI=1S/C34H37N5O2/c1-24(28-9-7-6-8-10-28)32(29-13-11-26(12-14-29)22-38-33(40)41-34(3,4)5)39-30-17-20-37-31(25(30)2)23-36-21-27-15-18-35-19-16-27/h6-20,36H,1,21-23H2,2-5H3,(H,38,40)/b39-32+. The molecule has 0 saturated carbocycles. The van der Waals surface area contributed by atoms with Crippen LogP contribution in [0.5, 0.6) is 0 Å². The first kappa shape index (κ1) is 29.4. The number of rotatable bonds is 10. The van der Waals surface area contributed by atoms with Gasteiger partial charge in [-0.25, -0.2) is 9.79 Å². The van der Waals surface area contributed by atoms with Crippen molar-refractivity contribution in [2.75, 3.05) is 0 Å². The Balaban J connectivity index is 1.57. The summed E-state index contributed by atoms with van der Waals surface area (Å²) in [6.45, 7) is 13.7. The highest BCUT2D eigenvalue weighted by atomic mass is 16.6. The lowest BCUT2D eigenvalue weighted by Gasteiger charge is -2.19. The molecule has 0 atom stereocenters. The zero-order valence-electron chi connectivity index (χ0n) is 24.1. The van der Waals surface area contributed by atoms with E-state index in [4.69, 9.17) is 9.73 Å². The van der Waals surface area contributed by atoms with Gasteiger partial charge < -0.3 is 15.4 Å². The van der Waals surface area contributed by atoms with Crippen molar-refractivity contribution in [2.24, 2.45) is 4.99 Å². The van der Waals surface area contributed by atoms with Crippen LogP contribution in [0.4, 0.5) is 10.5 Å². The Morgan fingerprint density at radius 1 is 0.854 bits per heavy atom. The molecule has 2 aromatic carbocycles. The highest BCUT2D eigenvalue weighted by Crippen LogP contribution is 2.26. The number of amides is 1. The third-order valence-electron chi connectivity index (χ3n) is 6.35. The van der Waals surface area contributed by atoms with Gasteiger partial charge in [0.25, 0.3) is 0 Å². The molecule has 41 heavy (non-hydrogen) atoms. The molecule has 210 valence electrons. The van der Waals surface area contributed by atoms with E-state index in [2.05, 4.69) is 27.2 Å². The van der Waals surface area contributed by atoms with Crippen molar-refractivity contribution >= 4 is 23.1 Å². The fourth-order valence-electron chi connectivity index (χ4n) is 4.16. The molecule has 0 bridgehead atoms. The van der Waals surface area contributed by atoms with Crippen LogP contribution in [0, 0.1) is 6.92 Å². The summed E-state index contributed by atoms with van der Waals surface area (Å²) in [5, 5.41) is 6.27. The largest absolute Gasteiger partial charge is 0.444 e. The summed E-state index contributed by atoms with van der Waals surface area (Å²) >= 11 is 0. The Morgan fingerprint density at radius 2 is 1.54 bits per heavy atom. The lowest BCUT2D eigenvalue weighted by Crippen LogP contribution is -2.32.